The number of hydrogen-bond donors (Lipinski definition) is 0. The van der Waals surface area contributed by atoms with Gasteiger partial charge in [-0.1, -0.05) is 29.8 Å². The van der Waals surface area contributed by atoms with Gasteiger partial charge in [0.15, 0.2) is 0 Å². The van der Waals surface area contributed by atoms with Crippen LogP contribution in [0, 0.1) is 20.8 Å². The minimum absolute atomic E-state index is 0.113. The summed E-state index contributed by atoms with van der Waals surface area (Å²) in [6.45, 7) is 9.93. The van der Waals surface area contributed by atoms with E-state index in [0.29, 0.717) is 6.04 Å². The summed E-state index contributed by atoms with van der Waals surface area (Å²) in [5.41, 5.74) is 5.60. The molecule has 0 radical (unpaired) electrons. The number of rotatable bonds is 4. The summed E-state index contributed by atoms with van der Waals surface area (Å²) in [5.74, 6) is 0.113. The second-order valence-corrected chi connectivity index (χ2v) is 7.44. The Labute approximate surface area is 156 Å². The van der Waals surface area contributed by atoms with E-state index < -0.39 is 0 Å². The molecule has 4 heteroatoms. The molecule has 0 saturated carbocycles. The molecular formula is C22H29N3O. The highest BCUT2D eigenvalue weighted by molar-refractivity contribution is 5.92. The van der Waals surface area contributed by atoms with Crippen LogP contribution in [0.3, 0.4) is 0 Å². The third-order valence-electron chi connectivity index (χ3n) is 5.37. The van der Waals surface area contributed by atoms with Crippen molar-refractivity contribution in [2.24, 2.45) is 0 Å². The van der Waals surface area contributed by atoms with E-state index in [4.69, 9.17) is 0 Å². The lowest BCUT2D eigenvalue weighted by Gasteiger charge is -2.32. The summed E-state index contributed by atoms with van der Waals surface area (Å²) in [4.78, 5) is 14.5. The summed E-state index contributed by atoms with van der Waals surface area (Å²) < 4.78 is 2.02. The van der Waals surface area contributed by atoms with Crippen molar-refractivity contribution in [3.63, 3.8) is 0 Å². The first-order chi connectivity index (χ1) is 12.5. The number of nitrogens with zero attached hydrogens (tertiary/aromatic N) is 3. The molecule has 1 aliphatic heterocycles. The first-order valence-electron chi connectivity index (χ1n) is 9.54. The van der Waals surface area contributed by atoms with Crippen LogP contribution >= 0.6 is 0 Å². The predicted octanol–water partition coefficient (Wildman–Crippen LogP) is 4.27. The van der Waals surface area contributed by atoms with Crippen LogP contribution < -0.4 is 0 Å². The Morgan fingerprint density at radius 2 is 1.92 bits per heavy atom. The van der Waals surface area contributed by atoms with Crippen molar-refractivity contribution in [1.29, 1.82) is 0 Å². The van der Waals surface area contributed by atoms with Crippen molar-refractivity contribution in [2.75, 3.05) is 6.54 Å². The molecule has 3 rings (SSSR count). The quantitative estimate of drug-likeness (QED) is 0.772. The average Bonchev–Trinajstić information content (AvgIpc) is 2.88. The van der Waals surface area contributed by atoms with E-state index >= 15 is 0 Å². The lowest BCUT2D eigenvalue weighted by molar-refractivity contribution is -0.129. The SMILES string of the molecule is Cc1ccc(Cn2nc(C)c(/C=C/C(=O)N3CCCCC3C)c2C)cc1. The molecule has 1 amide bonds. The van der Waals surface area contributed by atoms with Gasteiger partial charge in [0.25, 0.3) is 0 Å². The lowest BCUT2D eigenvalue weighted by atomic mass is 10.0. The zero-order valence-corrected chi connectivity index (χ0v) is 16.3. The fourth-order valence-electron chi connectivity index (χ4n) is 3.65. The van der Waals surface area contributed by atoms with E-state index in [9.17, 15) is 4.79 Å². The molecule has 1 atom stereocenters. The van der Waals surface area contributed by atoms with E-state index in [2.05, 4.69) is 50.1 Å². The maximum atomic E-state index is 12.5. The van der Waals surface area contributed by atoms with Crippen LogP contribution in [0.4, 0.5) is 0 Å². The zero-order valence-electron chi connectivity index (χ0n) is 16.3. The molecule has 1 saturated heterocycles. The van der Waals surface area contributed by atoms with Crippen molar-refractivity contribution >= 4 is 12.0 Å². The van der Waals surface area contributed by atoms with Gasteiger partial charge in [0.2, 0.25) is 5.91 Å². The van der Waals surface area contributed by atoms with Crippen molar-refractivity contribution in [3.05, 3.63) is 58.4 Å². The van der Waals surface area contributed by atoms with E-state index in [0.717, 1.165) is 42.9 Å². The lowest BCUT2D eigenvalue weighted by Crippen LogP contribution is -2.41. The molecule has 0 spiro atoms. The Morgan fingerprint density at radius 3 is 2.62 bits per heavy atom. The second-order valence-electron chi connectivity index (χ2n) is 7.44. The average molecular weight is 351 g/mol. The van der Waals surface area contributed by atoms with Crippen LogP contribution in [0.5, 0.6) is 0 Å². The summed E-state index contributed by atoms with van der Waals surface area (Å²) in [6, 6.07) is 8.87. The van der Waals surface area contributed by atoms with Crippen LogP contribution in [0.15, 0.2) is 30.3 Å². The summed E-state index contributed by atoms with van der Waals surface area (Å²) in [6.07, 6.45) is 7.09. The molecule has 26 heavy (non-hydrogen) atoms. The Hall–Kier alpha value is -2.36. The maximum Gasteiger partial charge on any atom is 0.246 e. The van der Waals surface area contributed by atoms with Gasteiger partial charge in [-0.3, -0.25) is 9.48 Å². The number of carbonyl (C=O) groups is 1. The van der Waals surface area contributed by atoms with Gasteiger partial charge in [-0.05, 0) is 58.6 Å². The Morgan fingerprint density at radius 1 is 1.19 bits per heavy atom. The third-order valence-corrected chi connectivity index (χ3v) is 5.37. The molecule has 138 valence electrons. The van der Waals surface area contributed by atoms with Gasteiger partial charge in [0.1, 0.15) is 0 Å². The molecule has 4 nitrogen and oxygen atoms in total. The molecule has 0 N–H and O–H groups in total. The molecule has 2 aromatic rings. The summed E-state index contributed by atoms with van der Waals surface area (Å²) in [7, 11) is 0. The maximum absolute atomic E-state index is 12.5. The van der Waals surface area contributed by atoms with Crippen LogP contribution in [-0.4, -0.2) is 33.2 Å². The smallest absolute Gasteiger partial charge is 0.246 e. The zero-order chi connectivity index (χ0) is 18.7. The first-order valence-corrected chi connectivity index (χ1v) is 9.54. The number of hydrogen-bond acceptors (Lipinski definition) is 2. The van der Waals surface area contributed by atoms with Crippen LogP contribution in [0.2, 0.25) is 0 Å². The molecule has 1 aromatic heterocycles. The van der Waals surface area contributed by atoms with E-state index in [1.165, 1.54) is 17.5 Å². The number of piperidine rings is 1. The molecule has 1 fully saturated rings. The number of likely N-dealkylation sites (tertiary alicyclic amines) is 1. The molecule has 0 aliphatic carbocycles. The van der Waals surface area contributed by atoms with Crippen molar-refractivity contribution in [2.45, 2.75) is 59.5 Å². The number of aryl methyl sites for hydroxylation is 2. The Bertz CT molecular complexity index is 802. The van der Waals surface area contributed by atoms with Gasteiger partial charge >= 0.3 is 0 Å². The van der Waals surface area contributed by atoms with E-state index in [1.54, 1.807) is 6.08 Å². The fourth-order valence-corrected chi connectivity index (χ4v) is 3.65. The second kappa shape index (κ2) is 7.90. The van der Waals surface area contributed by atoms with Gasteiger partial charge < -0.3 is 4.90 Å². The normalized spacial score (nSPS) is 17.8. The Balaban J connectivity index is 1.75. The predicted molar refractivity (Wildman–Crippen MR) is 106 cm³/mol. The van der Waals surface area contributed by atoms with Crippen molar-refractivity contribution in [1.82, 2.24) is 14.7 Å². The van der Waals surface area contributed by atoms with Crippen molar-refractivity contribution in [3.8, 4) is 0 Å². The molecule has 1 aromatic carbocycles. The van der Waals surface area contributed by atoms with E-state index in [1.807, 2.05) is 22.6 Å². The number of benzene rings is 1. The summed E-state index contributed by atoms with van der Waals surface area (Å²) >= 11 is 0. The van der Waals surface area contributed by atoms with Crippen LogP contribution in [0.25, 0.3) is 6.08 Å². The van der Waals surface area contributed by atoms with Crippen LogP contribution in [-0.2, 0) is 11.3 Å². The van der Waals surface area contributed by atoms with Gasteiger partial charge in [-0.25, -0.2) is 0 Å². The minimum atomic E-state index is 0.113. The molecule has 0 bridgehead atoms. The number of carbonyl (C=O) groups excluding carboxylic acids is 1. The highest BCUT2D eigenvalue weighted by atomic mass is 16.2. The molecule has 2 heterocycles. The van der Waals surface area contributed by atoms with E-state index in [-0.39, 0.29) is 5.91 Å². The standard InChI is InChI=1S/C22H29N3O/c1-16-8-10-20(11-9-16)15-25-19(4)21(18(3)23-25)12-13-22(26)24-14-6-5-7-17(24)2/h8-13,17H,5-7,14-15H2,1-4H3/b13-12+. The topological polar surface area (TPSA) is 38.1 Å². The largest absolute Gasteiger partial charge is 0.336 e. The monoisotopic (exact) mass is 351 g/mol. The third kappa shape index (κ3) is 4.06. The van der Waals surface area contributed by atoms with Gasteiger partial charge in [0.05, 0.1) is 12.2 Å². The molecule has 1 unspecified atom stereocenters. The fraction of sp³-hybridized carbons (Fsp3) is 0.455. The van der Waals surface area contributed by atoms with Crippen LogP contribution in [0.1, 0.15) is 54.3 Å². The Kier molecular flexibility index (Phi) is 5.60. The number of aromatic nitrogens is 2. The molecular weight excluding hydrogens is 322 g/mol. The summed E-state index contributed by atoms with van der Waals surface area (Å²) in [5, 5.41) is 4.67. The van der Waals surface area contributed by atoms with Gasteiger partial charge in [0, 0.05) is 29.9 Å². The minimum Gasteiger partial charge on any atom is -0.336 e. The van der Waals surface area contributed by atoms with Gasteiger partial charge in [-0.2, -0.15) is 5.10 Å². The highest BCUT2D eigenvalue weighted by Crippen LogP contribution is 2.19. The van der Waals surface area contributed by atoms with Gasteiger partial charge in [-0.15, -0.1) is 0 Å². The number of amides is 1. The molecule has 1 aliphatic rings. The first kappa shape index (κ1) is 18.4. The highest BCUT2D eigenvalue weighted by Gasteiger charge is 2.21. The van der Waals surface area contributed by atoms with Crippen molar-refractivity contribution < 1.29 is 4.79 Å².